The molecule has 0 aromatic heterocycles. The maximum absolute atomic E-state index is 11.2. The molecule has 3 N–H and O–H groups in total. The summed E-state index contributed by atoms with van der Waals surface area (Å²) in [4.78, 5) is 0. The molecule has 3 fully saturated rings. The van der Waals surface area contributed by atoms with E-state index >= 15 is 0 Å². The lowest BCUT2D eigenvalue weighted by atomic mass is 9.49. The van der Waals surface area contributed by atoms with Crippen LogP contribution < -0.4 is 0 Å². The van der Waals surface area contributed by atoms with Crippen molar-refractivity contribution >= 4 is 0 Å². The molecule has 4 rings (SSSR count). The largest absolute Gasteiger partial charge is 0.393 e. The summed E-state index contributed by atoms with van der Waals surface area (Å²) in [5.74, 6) is 0.952. The molecule has 24 heavy (non-hydrogen) atoms. The van der Waals surface area contributed by atoms with Crippen LogP contribution in [0.25, 0.3) is 0 Å². The van der Waals surface area contributed by atoms with Crippen molar-refractivity contribution in [3.63, 3.8) is 0 Å². The van der Waals surface area contributed by atoms with E-state index in [4.69, 9.17) is 0 Å². The lowest BCUT2D eigenvalue weighted by molar-refractivity contribution is -0.0639. The predicted molar refractivity (Wildman–Crippen MR) is 94.2 cm³/mol. The van der Waals surface area contributed by atoms with Gasteiger partial charge in [0.25, 0.3) is 0 Å². The van der Waals surface area contributed by atoms with E-state index in [-0.39, 0.29) is 41.0 Å². The van der Waals surface area contributed by atoms with E-state index < -0.39 is 0 Å². The molecular weight excluding hydrogens is 300 g/mol. The normalized spacial score (nSPS) is 51.8. The van der Waals surface area contributed by atoms with Gasteiger partial charge in [-0.05, 0) is 68.1 Å². The van der Waals surface area contributed by atoms with E-state index in [0.29, 0.717) is 5.92 Å². The van der Waals surface area contributed by atoms with Gasteiger partial charge in [0.05, 0.1) is 18.3 Å². The highest BCUT2D eigenvalue weighted by atomic mass is 16.3. The number of aliphatic hydroxyl groups is 3. The smallest absolute Gasteiger partial charge is 0.0619 e. The van der Waals surface area contributed by atoms with E-state index in [1.165, 1.54) is 11.1 Å². The Morgan fingerprint density at radius 1 is 1.12 bits per heavy atom. The zero-order valence-corrected chi connectivity index (χ0v) is 15.2. The third kappa shape index (κ3) is 2.14. The first-order valence-corrected chi connectivity index (χ1v) is 9.72. The molecule has 0 heterocycles. The van der Waals surface area contributed by atoms with Gasteiger partial charge in [-0.2, -0.15) is 0 Å². The fourth-order valence-corrected chi connectivity index (χ4v) is 6.94. The SMILES string of the molecule is C[C@H](O)[C@H]1CC[C@H]2C3=CC=C4C[C@@H](O)CC[C@@]4(C)[C@@H]3[C@H](O)C[C@]12C. The molecule has 0 unspecified atom stereocenters. The summed E-state index contributed by atoms with van der Waals surface area (Å²) < 4.78 is 0. The summed E-state index contributed by atoms with van der Waals surface area (Å²) >= 11 is 0. The fraction of sp³-hybridized carbons (Fsp3) is 0.810. The maximum atomic E-state index is 11.2. The van der Waals surface area contributed by atoms with Gasteiger partial charge in [0, 0.05) is 5.92 Å². The van der Waals surface area contributed by atoms with Crippen molar-refractivity contribution in [2.24, 2.45) is 28.6 Å². The number of aliphatic hydroxyl groups excluding tert-OH is 3. The lowest BCUT2D eigenvalue weighted by Gasteiger charge is -2.56. The van der Waals surface area contributed by atoms with Crippen LogP contribution in [0, 0.1) is 28.6 Å². The molecule has 3 saturated carbocycles. The summed E-state index contributed by atoms with van der Waals surface area (Å²) in [5, 5.41) is 31.5. The first-order valence-electron chi connectivity index (χ1n) is 9.72. The van der Waals surface area contributed by atoms with Gasteiger partial charge in [-0.1, -0.05) is 37.1 Å². The summed E-state index contributed by atoms with van der Waals surface area (Å²) in [5.41, 5.74) is 2.74. The van der Waals surface area contributed by atoms with Crippen molar-refractivity contribution in [3.8, 4) is 0 Å². The highest BCUT2D eigenvalue weighted by Crippen LogP contribution is 2.65. The van der Waals surface area contributed by atoms with E-state index in [9.17, 15) is 15.3 Å². The molecule has 3 nitrogen and oxygen atoms in total. The minimum absolute atomic E-state index is 0.00575. The van der Waals surface area contributed by atoms with Crippen molar-refractivity contribution in [1.29, 1.82) is 0 Å². The molecule has 0 spiro atoms. The number of allylic oxidation sites excluding steroid dienone is 2. The van der Waals surface area contributed by atoms with Crippen molar-refractivity contribution in [1.82, 2.24) is 0 Å². The first-order chi connectivity index (χ1) is 11.3. The number of fused-ring (bicyclic) bond motifs is 5. The molecule has 134 valence electrons. The fourth-order valence-electron chi connectivity index (χ4n) is 6.94. The molecule has 8 atom stereocenters. The molecule has 3 heteroatoms. The van der Waals surface area contributed by atoms with Crippen LogP contribution in [0.2, 0.25) is 0 Å². The van der Waals surface area contributed by atoms with Crippen LogP contribution in [-0.4, -0.2) is 33.6 Å². The average molecular weight is 332 g/mol. The minimum Gasteiger partial charge on any atom is -0.393 e. The van der Waals surface area contributed by atoms with Gasteiger partial charge < -0.3 is 15.3 Å². The van der Waals surface area contributed by atoms with Gasteiger partial charge in [-0.3, -0.25) is 0 Å². The van der Waals surface area contributed by atoms with E-state index in [2.05, 4.69) is 26.0 Å². The Kier molecular flexibility index (Phi) is 3.80. The zero-order chi connectivity index (χ0) is 17.3. The van der Waals surface area contributed by atoms with E-state index in [1.807, 2.05) is 6.92 Å². The molecule has 0 radical (unpaired) electrons. The quantitative estimate of drug-likeness (QED) is 0.691. The van der Waals surface area contributed by atoms with Crippen molar-refractivity contribution < 1.29 is 15.3 Å². The van der Waals surface area contributed by atoms with Crippen LogP contribution in [-0.2, 0) is 0 Å². The monoisotopic (exact) mass is 332 g/mol. The lowest BCUT2D eigenvalue weighted by Crippen LogP contribution is -2.53. The molecule has 0 amide bonds. The topological polar surface area (TPSA) is 60.7 Å². The summed E-state index contributed by atoms with van der Waals surface area (Å²) in [6.45, 7) is 6.50. The Bertz CT molecular complexity index is 592. The Morgan fingerprint density at radius 3 is 2.58 bits per heavy atom. The van der Waals surface area contributed by atoms with E-state index in [0.717, 1.165) is 38.5 Å². The Balaban J connectivity index is 1.76. The van der Waals surface area contributed by atoms with Gasteiger partial charge >= 0.3 is 0 Å². The molecular formula is C21H32O3. The van der Waals surface area contributed by atoms with Crippen LogP contribution in [0.4, 0.5) is 0 Å². The van der Waals surface area contributed by atoms with Gasteiger partial charge in [-0.25, -0.2) is 0 Å². The molecule has 0 aliphatic heterocycles. The van der Waals surface area contributed by atoms with Gasteiger partial charge in [0.15, 0.2) is 0 Å². The zero-order valence-electron chi connectivity index (χ0n) is 15.2. The Morgan fingerprint density at radius 2 is 1.88 bits per heavy atom. The van der Waals surface area contributed by atoms with Gasteiger partial charge in [0.1, 0.15) is 0 Å². The van der Waals surface area contributed by atoms with Crippen molar-refractivity contribution in [3.05, 3.63) is 23.3 Å². The van der Waals surface area contributed by atoms with E-state index in [1.54, 1.807) is 0 Å². The highest BCUT2D eigenvalue weighted by Gasteiger charge is 2.59. The second-order valence-corrected chi connectivity index (χ2v) is 9.40. The average Bonchev–Trinajstić information content (AvgIpc) is 2.84. The van der Waals surface area contributed by atoms with Gasteiger partial charge in [0.2, 0.25) is 0 Å². The van der Waals surface area contributed by atoms with Gasteiger partial charge in [-0.15, -0.1) is 0 Å². The Labute approximate surface area is 145 Å². The van der Waals surface area contributed by atoms with Crippen molar-refractivity contribution in [2.75, 3.05) is 0 Å². The van der Waals surface area contributed by atoms with Crippen LogP contribution in [0.15, 0.2) is 23.3 Å². The first kappa shape index (κ1) is 16.8. The predicted octanol–water partition coefficient (Wildman–Crippen LogP) is 3.20. The van der Waals surface area contributed by atoms with Crippen LogP contribution in [0.3, 0.4) is 0 Å². The molecule has 0 aromatic carbocycles. The molecule has 0 aromatic rings. The third-order valence-electron chi connectivity index (χ3n) is 8.14. The maximum Gasteiger partial charge on any atom is 0.0619 e. The molecule has 0 bridgehead atoms. The summed E-state index contributed by atoms with van der Waals surface area (Å²) in [7, 11) is 0. The van der Waals surface area contributed by atoms with Crippen LogP contribution >= 0.6 is 0 Å². The number of hydrogen-bond donors (Lipinski definition) is 3. The second kappa shape index (κ2) is 5.43. The van der Waals surface area contributed by atoms with Crippen LogP contribution in [0.1, 0.15) is 59.3 Å². The Hall–Kier alpha value is -0.640. The minimum atomic E-state index is -0.346. The molecule has 4 aliphatic rings. The molecule has 4 aliphatic carbocycles. The van der Waals surface area contributed by atoms with Crippen LogP contribution in [0.5, 0.6) is 0 Å². The third-order valence-corrected chi connectivity index (χ3v) is 8.14. The summed E-state index contributed by atoms with van der Waals surface area (Å²) in [6.07, 6.45) is 9.15. The summed E-state index contributed by atoms with van der Waals surface area (Å²) in [6, 6.07) is 0. The highest BCUT2D eigenvalue weighted by molar-refractivity contribution is 5.40. The molecule has 0 saturated heterocycles. The second-order valence-electron chi connectivity index (χ2n) is 9.40. The van der Waals surface area contributed by atoms with Crippen molar-refractivity contribution in [2.45, 2.75) is 77.6 Å². The standard InChI is InChI=1S/C21H32O3/c1-12(22)16-6-7-17-15-5-4-13-10-14(23)8-9-20(13,2)19(15)18(24)11-21(16,17)3/h4-5,12,14,16-19,22-24H,6-11H2,1-3H3/t12-,14-,16+,17-,18+,19-,20+,21+/m0/s1. The number of rotatable bonds is 1. The number of hydrogen-bond acceptors (Lipinski definition) is 3.